The fraction of sp³-hybridized carbons (Fsp3) is 0.364. The molecule has 0 saturated carbocycles. The van der Waals surface area contributed by atoms with E-state index in [2.05, 4.69) is 10.1 Å². The molecule has 1 amide bonds. The van der Waals surface area contributed by atoms with Crippen molar-refractivity contribution in [1.29, 1.82) is 0 Å². The van der Waals surface area contributed by atoms with Gasteiger partial charge in [-0.25, -0.2) is 4.79 Å². The third-order valence-corrected chi connectivity index (χ3v) is 2.48. The van der Waals surface area contributed by atoms with Crippen LogP contribution in [0.2, 0.25) is 0 Å². The number of halogens is 4. The van der Waals surface area contributed by atoms with Gasteiger partial charge in [0.15, 0.2) is 0 Å². The van der Waals surface area contributed by atoms with E-state index < -0.39 is 18.5 Å². The molecule has 0 spiro atoms. The molecule has 1 saturated heterocycles. The quantitative estimate of drug-likeness (QED) is 0.932. The molecular weight excluding hydrogens is 303 g/mol. The van der Waals surface area contributed by atoms with Crippen molar-refractivity contribution >= 4 is 18.5 Å². The van der Waals surface area contributed by atoms with Crippen molar-refractivity contribution in [3.05, 3.63) is 23.8 Å². The molecule has 1 heterocycles. The standard InChI is InChI=1S/C11H10F3NO4.ClH/c1-17-9-3-2-6(19-11(12,13)14)4-7(9)8-5-18-10(16)15-8;/h2-4,8H,5H2,1H3,(H,15,16);1H/t8-;/m1./s1. The van der Waals surface area contributed by atoms with Gasteiger partial charge in [0.1, 0.15) is 18.1 Å². The summed E-state index contributed by atoms with van der Waals surface area (Å²) in [4.78, 5) is 11.0. The van der Waals surface area contributed by atoms with Gasteiger partial charge < -0.3 is 19.5 Å². The number of nitrogens with one attached hydrogen (secondary N) is 1. The molecule has 0 aromatic heterocycles. The number of hydrogen-bond donors (Lipinski definition) is 1. The molecule has 0 unspecified atom stereocenters. The van der Waals surface area contributed by atoms with Gasteiger partial charge in [-0.15, -0.1) is 25.6 Å². The molecule has 20 heavy (non-hydrogen) atoms. The van der Waals surface area contributed by atoms with Gasteiger partial charge in [0.2, 0.25) is 0 Å². The zero-order valence-electron chi connectivity index (χ0n) is 10.2. The van der Waals surface area contributed by atoms with Gasteiger partial charge in [-0.05, 0) is 18.2 Å². The summed E-state index contributed by atoms with van der Waals surface area (Å²) in [7, 11) is 1.38. The normalized spacial score (nSPS) is 17.8. The summed E-state index contributed by atoms with van der Waals surface area (Å²) in [5.41, 5.74) is 0.357. The molecule has 0 aliphatic carbocycles. The van der Waals surface area contributed by atoms with Crippen molar-refractivity contribution in [2.24, 2.45) is 0 Å². The first-order valence-electron chi connectivity index (χ1n) is 5.26. The zero-order valence-corrected chi connectivity index (χ0v) is 11.0. The maximum absolute atomic E-state index is 12.1. The summed E-state index contributed by atoms with van der Waals surface area (Å²) in [5.74, 6) is -0.0465. The minimum Gasteiger partial charge on any atom is -0.496 e. The number of carbonyl (C=O) groups is 1. The highest BCUT2D eigenvalue weighted by molar-refractivity contribution is 5.85. The van der Waals surface area contributed by atoms with Crippen molar-refractivity contribution in [2.45, 2.75) is 12.4 Å². The fourth-order valence-corrected chi connectivity index (χ4v) is 1.73. The Morgan fingerprint density at radius 2 is 2.10 bits per heavy atom. The molecule has 1 aliphatic rings. The summed E-state index contributed by atoms with van der Waals surface area (Å²) in [6.07, 6.45) is -5.41. The minimum absolute atomic E-state index is 0. The second-order valence-electron chi connectivity index (χ2n) is 3.75. The lowest BCUT2D eigenvalue weighted by molar-refractivity contribution is -0.274. The first-order valence-corrected chi connectivity index (χ1v) is 5.26. The van der Waals surface area contributed by atoms with Crippen molar-refractivity contribution in [2.75, 3.05) is 13.7 Å². The van der Waals surface area contributed by atoms with Crippen molar-refractivity contribution < 1.29 is 32.2 Å². The number of hydrogen-bond acceptors (Lipinski definition) is 4. The Morgan fingerprint density at radius 3 is 2.60 bits per heavy atom. The number of rotatable bonds is 3. The van der Waals surface area contributed by atoms with Gasteiger partial charge in [0, 0.05) is 5.56 Å². The van der Waals surface area contributed by atoms with Crippen LogP contribution in [-0.4, -0.2) is 26.2 Å². The van der Waals surface area contributed by atoms with E-state index in [1.165, 1.54) is 13.2 Å². The van der Waals surface area contributed by atoms with Gasteiger partial charge >= 0.3 is 12.5 Å². The lowest BCUT2D eigenvalue weighted by atomic mass is 10.1. The summed E-state index contributed by atoms with van der Waals surface area (Å²) in [5, 5.41) is 2.46. The van der Waals surface area contributed by atoms with Crippen LogP contribution in [0.15, 0.2) is 18.2 Å². The predicted molar refractivity (Wildman–Crippen MR) is 64.1 cm³/mol. The van der Waals surface area contributed by atoms with Crippen LogP contribution < -0.4 is 14.8 Å². The molecular formula is C11H11ClF3NO4. The highest BCUT2D eigenvalue weighted by Crippen LogP contribution is 2.33. The molecule has 1 fully saturated rings. The van der Waals surface area contributed by atoms with Crippen LogP contribution in [0.4, 0.5) is 18.0 Å². The van der Waals surface area contributed by atoms with Gasteiger partial charge in [0.25, 0.3) is 0 Å². The maximum atomic E-state index is 12.1. The number of alkyl carbamates (subject to hydrolysis) is 1. The lowest BCUT2D eigenvalue weighted by Gasteiger charge is -2.15. The van der Waals surface area contributed by atoms with Gasteiger partial charge in [-0.2, -0.15) is 0 Å². The van der Waals surface area contributed by atoms with Crippen LogP contribution >= 0.6 is 12.4 Å². The topological polar surface area (TPSA) is 56.8 Å². The monoisotopic (exact) mass is 313 g/mol. The van der Waals surface area contributed by atoms with E-state index in [0.717, 1.165) is 12.1 Å². The van der Waals surface area contributed by atoms with Crippen LogP contribution in [0.5, 0.6) is 11.5 Å². The molecule has 112 valence electrons. The van der Waals surface area contributed by atoms with Crippen LogP contribution in [0.3, 0.4) is 0 Å². The molecule has 2 rings (SSSR count). The Bertz CT molecular complexity index is 495. The maximum Gasteiger partial charge on any atom is 0.573 e. The second kappa shape index (κ2) is 6.08. The zero-order chi connectivity index (χ0) is 14.0. The Hall–Kier alpha value is -1.83. The Kier molecular flexibility index (Phi) is 4.93. The van der Waals surface area contributed by atoms with Crippen LogP contribution in [0, 0.1) is 0 Å². The SMILES string of the molecule is COc1ccc(OC(F)(F)F)cc1[C@H]1COC(=O)N1.Cl. The lowest BCUT2D eigenvalue weighted by Crippen LogP contribution is -2.20. The number of amides is 1. The fourth-order valence-electron chi connectivity index (χ4n) is 1.73. The smallest absolute Gasteiger partial charge is 0.496 e. The van der Waals surface area contributed by atoms with Crippen LogP contribution in [-0.2, 0) is 4.74 Å². The molecule has 1 aromatic rings. The molecule has 1 aromatic carbocycles. The first-order chi connectivity index (χ1) is 8.89. The van der Waals surface area contributed by atoms with Crippen molar-refractivity contribution in [3.63, 3.8) is 0 Å². The van der Waals surface area contributed by atoms with Crippen LogP contribution in [0.1, 0.15) is 11.6 Å². The first kappa shape index (κ1) is 16.2. The summed E-state index contributed by atoms with van der Waals surface area (Å²) in [6.45, 7) is 0.0185. The Balaban J connectivity index is 0.00000200. The number of carbonyl (C=O) groups excluding carboxylic acids is 1. The van der Waals surface area contributed by atoms with E-state index in [0.29, 0.717) is 11.3 Å². The summed E-state index contributed by atoms with van der Waals surface area (Å²) >= 11 is 0. The van der Waals surface area contributed by atoms with E-state index in [4.69, 9.17) is 9.47 Å². The average Bonchev–Trinajstić information content (AvgIpc) is 2.73. The third-order valence-electron chi connectivity index (χ3n) is 2.48. The number of alkyl halides is 3. The Morgan fingerprint density at radius 1 is 1.40 bits per heavy atom. The summed E-state index contributed by atoms with van der Waals surface area (Å²) < 4.78 is 50.0. The molecule has 0 bridgehead atoms. The minimum atomic E-state index is -4.78. The van der Waals surface area contributed by atoms with Gasteiger partial charge in [-0.1, -0.05) is 0 Å². The van der Waals surface area contributed by atoms with E-state index in [1.54, 1.807) is 0 Å². The predicted octanol–water partition coefficient (Wildman–Crippen LogP) is 2.80. The van der Waals surface area contributed by atoms with E-state index in [9.17, 15) is 18.0 Å². The number of cyclic esters (lactones) is 1. The molecule has 1 atom stereocenters. The Labute approximate surface area is 118 Å². The average molecular weight is 314 g/mol. The van der Waals surface area contributed by atoms with Gasteiger partial charge in [-0.3, -0.25) is 0 Å². The second-order valence-corrected chi connectivity index (χ2v) is 3.75. The third kappa shape index (κ3) is 3.83. The number of ether oxygens (including phenoxy) is 3. The van der Waals surface area contributed by atoms with Crippen molar-refractivity contribution in [3.8, 4) is 11.5 Å². The molecule has 0 radical (unpaired) electrons. The molecule has 9 heteroatoms. The summed E-state index contributed by atoms with van der Waals surface area (Å²) in [6, 6.07) is 3.06. The molecule has 5 nitrogen and oxygen atoms in total. The highest BCUT2D eigenvalue weighted by atomic mass is 35.5. The number of methoxy groups -OCH3 is 1. The number of benzene rings is 1. The van der Waals surface area contributed by atoms with Crippen LogP contribution in [0.25, 0.3) is 0 Å². The van der Waals surface area contributed by atoms with Gasteiger partial charge in [0.05, 0.1) is 13.2 Å². The van der Waals surface area contributed by atoms with E-state index in [1.807, 2.05) is 0 Å². The highest BCUT2D eigenvalue weighted by Gasteiger charge is 2.32. The largest absolute Gasteiger partial charge is 0.573 e. The molecule has 1 N–H and O–H groups in total. The van der Waals surface area contributed by atoms with E-state index in [-0.39, 0.29) is 24.8 Å². The molecule has 1 aliphatic heterocycles. The van der Waals surface area contributed by atoms with Crippen molar-refractivity contribution in [1.82, 2.24) is 5.32 Å². The van der Waals surface area contributed by atoms with E-state index >= 15 is 0 Å².